The summed E-state index contributed by atoms with van der Waals surface area (Å²) in [5, 5.41) is 0. The summed E-state index contributed by atoms with van der Waals surface area (Å²) in [6, 6.07) is 0. The highest BCUT2D eigenvalue weighted by Crippen LogP contribution is 2.27. The average Bonchev–Trinajstić information content (AvgIpc) is 2.42. The van der Waals surface area contributed by atoms with Crippen LogP contribution in [0.4, 0.5) is 0 Å². The van der Waals surface area contributed by atoms with E-state index in [2.05, 4.69) is 32.6 Å². The molecule has 1 fully saturated rings. The number of morpholine rings is 1. The number of hydrogen-bond acceptors (Lipinski definition) is 2. The summed E-state index contributed by atoms with van der Waals surface area (Å²) in [5.74, 6) is 0.956. The van der Waals surface area contributed by atoms with Gasteiger partial charge in [-0.15, -0.1) is 0 Å². The lowest BCUT2D eigenvalue weighted by Crippen LogP contribution is -2.36. The van der Waals surface area contributed by atoms with Gasteiger partial charge in [-0.05, 0) is 37.1 Å². The van der Waals surface area contributed by atoms with Gasteiger partial charge in [0.25, 0.3) is 0 Å². The highest BCUT2D eigenvalue weighted by Gasteiger charge is 2.14. The van der Waals surface area contributed by atoms with Crippen molar-refractivity contribution in [3.05, 3.63) is 0 Å². The average molecular weight is 283 g/mol. The van der Waals surface area contributed by atoms with Crippen LogP contribution in [0.15, 0.2) is 0 Å². The second-order valence-electron chi connectivity index (χ2n) is 7.68. The molecule has 1 aliphatic rings. The van der Waals surface area contributed by atoms with Gasteiger partial charge >= 0.3 is 0 Å². The molecule has 0 aromatic carbocycles. The van der Waals surface area contributed by atoms with Gasteiger partial charge in [0.2, 0.25) is 0 Å². The van der Waals surface area contributed by atoms with Crippen molar-refractivity contribution in [3.8, 4) is 0 Å². The summed E-state index contributed by atoms with van der Waals surface area (Å²) in [5.41, 5.74) is 0.504. The minimum atomic E-state index is 0.504. The molecule has 120 valence electrons. The second kappa shape index (κ2) is 9.78. The molecule has 0 aromatic heterocycles. The van der Waals surface area contributed by atoms with Crippen LogP contribution in [0, 0.1) is 11.3 Å². The van der Waals surface area contributed by atoms with E-state index in [1.54, 1.807) is 0 Å². The summed E-state index contributed by atoms with van der Waals surface area (Å²) in [4.78, 5) is 2.56. The fourth-order valence-electron chi connectivity index (χ4n) is 2.96. The SMILES string of the molecule is CC[C@H](CCCCCN1CCOCC1)CCC(C)(C)C. The Morgan fingerprint density at radius 3 is 2.30 bits per heavy atom. The van der Waals surface area contributed by atoms with Crippen LogP contribution in [0.5, 0.6) is 0 Å². The van der Waals surface area contributed by atoms with Crippen LogP contribution in [0.1, 0.15) is 72.6 Å². The third-order valence-corrected chi connectivity index (χ3v) is 4.57. The van der Waals surface area contributed by atoms with Gasteiger partial charge in [0.15, 0.2) is 0 Å². The topological polar surface area (TPSA) is 12.5 Å². The zero-order chi connectivity index (χ0) is 14.8. The molecule has 0 spiro atoms. The van der Waals surface area contributed by atoms with E-state index in [1.165, 1.54) is 51.5 Å². The van der Waals surface area contributed by atoms with Gasteiger partial charge in [0.05, 0.1) is 13.2 Å². The lowest BCUT2D eigenvalue weighted by atomic mass is 9.84. The number of ether oxygens (including phenoxy) is 1. The van der Waals surface area contributed by atoms with E-state index in [9.17, 15) is 0 Å². The van der Waals surface area contributed by atoms with E-state index in [0.717, 1.165) is 32.2 Å². The Kier molecular flexibility index (Phi) is 8.79. The first-order valence-electron chi connectivity index (χ1n) is 8.81. The van der Waals surface area contributed by atoms with E-state index < -0.39 is 0 Å². The maximum Gasteiger partial charge on any atom is 0.0594 e. The molecule has 0 unspecified atom stereocenters. The minimum Gasteiger partial charge on any atom is -0.379 e. The number of nitrogens with zero attached hydrogens (tertiary/aromatic N) is 1. The van der Waals surface area contributed by atoms with Crippen molar-refractivity contribution in [3.63, 3.8) is 0 Å². The maximum absolute atomic E-state index is 5.39. The molecule has 1 heterocycles. The third-order valence-electron chi connectivity index (χ3n) is 4.57. The number of rotatable bonds is 9. The highest BCUT2D eigenvalue weighted by molar-refractivity contribution is 4.67. The molecule has 20 heavy (non-hydrogen) atoms. The molecular weight excluding hydrogens is 246 g/mol. The van der Waals surface area contributed by atoms with Gasteiger partial charge in [0.1, 0.15) is 0 Å². The smallest absolute Gasteiger partial charge is 0.0594 e. The van der Waals surface area contributed by atoms with E-state index >= 15 is 0 Å². The molecule has 0 N–H and O–H groups in total. The molecule has 1 aliphatic heterocycles. The van der Waals surface area contributed by atoms with Gasteiger partial charge in [-0.1, -0.05) is 53.4 Å². The van der Waals surface area contributed by atoms with Crippen molar-refractivity contribution in [2.45, 2.75) is 72.6 Å². The number of unbranched alkanes of at least 4 members (excludes halogenated alkanes) is 2. The molecular formula is C18H37NO. The van der Waals surface area contributed by atoms with Crippen molar-refractivity contribution in [1.82, 2.24) is 4.90 Å². The molecule has 0 bridgehead atoms. The van der Waals surface area contributed by atoms with Crippen molar-refractivity contribution in [2.24, 2.45) is 11.3 Å². The van der Waals surface area contributed by atoms with Crippen LogP contribution < -0.4 is 0 Å². The molecule has 1 atom stereocenters. The molecule has 0 aromatic rings. The molecule has 0 saturated carbocycles. The Morgan fingerprint density at radius 1 is 1.00 bits per heavy atom. The summed E-state index contributed by atoms with van der Waals surface area (Å²) in [6.07, 6.45) is 9.80. The fraction of sp³-hybridized carbons (Fsp3) is 1.00. The lowest BCUT2D eigenvalue weighted by molar-refractivity contribution is 0.0371. The van der Waals surface area contributed by atoms with Crippen LogP contribution >= 0.6 is 0 Å². The molecule has 0 amide bonds. The highest BCUT2D eigenvalue weighted by atomic mass is 16.5. The largest absolute Gasteiger partial charge is 0.379 e. The Balaban J connectivity index is 2.00. The standard InChI is InChI=1S/C18H37NO/c1-5-17(10-11-18(2,3)4)9-7-6-8-12-19-13-15-20-16-14-19/h17H,5-16H2,1-4H3/t17-/m1/s1. The fourth-order valence-corrected chi connectivity index (χ4v) is 2.96. The monoisotopic (exact) mass is 283 g/mol. The zero-order valence-corrected chi connectivity index (χ0v) is 14.4. The zero-order valence-electron chi connectivity index (χ0n) is 14.4. The summed E-state index contributed by atoms with van der Waals surface area (Å²) >= 11 is 0. The molecule has 1 rings (SSSR count). The van der Waals surface area contributed by atoms with Gasteiger partial charge in [-0.3, -0.25) is 4.90 Å². The summed E-state index contributed by atoms with van der Waals surface area (Å²) in [7, 11) is 0. The van der Waals surface area contributed by atoms with Gasteiger partial charge in [-0.2, -0.15) is 0 Å². The van der Waals surface area contributed by atoms with Crippen molar-refractivity contribution >= 4 is 0 Å². The molecule has 0 aliphatic carbocycles. The molecule has 2 nitrogen and oxygen atoms in total. The van der Waals surface area contributed by atoms with Gasteiger partial charge in [-0.25, -0.2) is 0 Å². The van der Waals surface area contributed by atoms with Crippen LogP contribution in [0.2, 0.25) is 0 Å². The van der Waals surface area contributed by atoms with Gasteiger partial charge < -0.3 is 4.74 Å². The normalized spacial score (nSPS) is 19.2. The summed E-state index contributed by atoms with van der Waals surface area (Å²) < 4.78 is 5.39. The lowest BCUT2D eigenvalue weighted by Gasteiger charge is -2.26. The van der Waals surface area contributed by atoms with Crippen molar-refractivity contribution in [1.29, 1.82) is 0 Å². The maximum atomic E-state index is 5.39. The van der Waals surface area contributed by atoms with Crippen LogP contribution in [0.3, 0.4) is 0 Å². The predicted molar refractivity (Wildman–Crippen MR) is 88.2 cm³/mol. The van der Waals surface area contributed by atoms with Crippen molar-refractivity contribution < 1.29 is 4.74 Å². The predicted octanol–water partition coefficient (Wildman–Crippen LogP) is 4.73. The first-order chi connectivity index (χ1) is 9.51. The number of hydrogen-bond donors (Lipinski definition) is 0. The minimum absolute atomic E-state index is 0.504. The Morgan fingerprint density at radius 2 is 1.70 bits per heavy atom. The van der Waals surface area contributed by atoms with Crippen LogP contribution in [-0.2, 0) is 4.74 Å². The molecule has 2 heteroatoms. The Labute approximate surface area is 127 Å². The van der Waals surface area contributed by atoms with E-state index in [1.807, 2.05) is 0 Å². The van der Waals surface area contributed by atoms with Gasteiger partial charge in [0, 0.05) is 13.1 Å². The first-order valence-corrected chi connectivity index (χ1v) is 8.81. The third kappa shape index (κ3) is 8.97. The first kappa shape index (κ1) is 18.0. The van der Waals surface area contributed by atoms with Crippen LogP contribution in [-0.4, -0.2) is 37.7 Å². The van der Waals surface area contributed by atoms with E-state index in [-0.39, 0.29) is 0 Å². The van der Waals surface area contributed by atoms with Crippen molar-refractivity contribution in [2.75, 3.05) is 32.8 Å². The van der Waals surface area contributed by atoms with E-state index in [0.29, 0.717) is 5.41 Å². The second-order valence-corrected chi connectivity index (χ2v) is 7.68. The molecule has 1 saturated heterocycles. The Hall–Kier alpha value is -0.0800. The molecule has 0 radical (unpaired) electrons. The Bertz CT molecular complexity index is 228. The summed E-state index contributed by atoms with van der Waals surface area (Å²) in [6.45, 7) is 14.9. The quantitative estimate of drug-likeness (QED) is 0.567. The van der Waals surface area contributed by atoms with Crippen LogP contribution in [0.25, 0.3) is 0 Å². The van der Waals surface area contributed by atoms with E-state index in [4.69, 9.17) is 4.74 Å².